The van der Waals surface area contributed by atoms with Gasteiger partial charge in [0.15, 0.2) is 0 Å². The quantitative estimate of drug-likeness (QED) is 0.257. The third-order valence-electron chi connectivity index (χ3n) is 6.28. The maximum absolute atomic E-state index is 4.68. The van der Waals surface area contributed by atoms with Crippen molar-refractivity contribution >= 4 is 53.9 Å². The maximum atomic E-state index is 4.68. The smallest absolute Gasteiger partial charge is 0.0973 e. The molecule has 7 aromatic rings. The lowest BCUT2D eigenvalue weighted by atomic mass is 9.93. The highest BCUT2D eigenvalue weighted by Crippen LogP contribution is 2.50. The van der Waals surface area contributed by atoms with Crippen molar-refractivity contribution in [2.45, 2.75) is 0 Å². The molecule has 0 spiro atoms. The summed E-state index contributed by atoms with van der Waals surface area (Å²) in [6.45, 7) is 0. The van der Waals surface area contributed by atoms with E-state index in [1.807, 2.05) is 28.7 Å². The summed E-state index contributed by atoms with van der Waals surface area (Å²) in [5.41, 5.74) is 8.13. The average Bonchev–Trinajstić information content (AvgIpc) is 3.55. The predicted molar refractivity (Wildman–Crippen MR) is 147 cm³/mol. The molecule has 3 heterocycles. The molecule has 34 heavy (non-hydrogen) atoms. The maximum Gasteiger partial charge on any atom is 0.0973 e. The van der Waals surface area contributed by atoms with E-state index >= 15 is 0 Å². The van der Waals surface area contributed by atoms with Crippen molar-refractivity contribution in [3.63, 3.8) is 0 Å². The Kier molecular flexibility index (Phi) is 4.54. The second kappa shape index (κ2) is 7.87. The van der Waals surface area contributed by atoms with Crippen LogP contribution in [0.15, 0.2) is 109 Å². The molecule has 0 unspecified atom stereocenters. The van der Waals surface area contributed by atoms with Crippen LogP contribution in [-0.2, 0) is 0 Å². The fraction of sp³-hybridized carbons (Fsp3) is 0. The van der Waals surface area contributed by atoms with Crippen molar-refractivity contribution in [2.24, 2.45) is 0 Å². The van der Waals surface area contributed by atoms with Crippen LogP contribution in [-0.4, -0.2) is 9.97 Å². The number of rotatable bonds is 3. The van der Waals surface area contributed by atoms with Crippen molar-refractivity contribution < 1.29 is 0 Å². The molecule has 0 fully saturated rings. The number of para-hydroxylation sites is 1. The SMILES string of the molecule is c1ccc(-c2c3cc(-c4cccc5nccnc45)sc3c(-c3ccccc3)c3ccsc23)cc1. The van der Waals surface area contributed by atoms with Gasteiger partial charge in [0.05, 0.1) is 11.0 Å². The van der Waals surface area contributed by atoms with Gasteiger partial charge in [0.1, 0.15) is 0 Å². The Morgan fingerprint density at radius 1 is 0.588 bits per heavy atom. The van der Waals surface area contributed by atoms with E-state index in [9.17, 15) is 0 Å². The van der Waals surface area contributed by atoms with Crippen LogP contribution < -0.4 is 0 Å². The molecule has 3 aromatic heterocycles. The number of thiophene rings is 2. The van der Waals surface area contributed by atoms with Crippen molar-refractivity contribution in [2.75, 3.05) is 0 Å². The molecule has 0 aliphatic rings. The van der Waals surface area contributed by atoms with Gasteiger partial charge in [-0.3, -0.25) is 9.97 Å². The fourth-order valence-electron chi connectivity index (χ4n) is 4.81. The Morgan fingerprint density at radius 2 is 1.29 bits per heavy atom. The van der Waals surface area contributed by atoms with E-state index in [0.717, 1.165) is 16.6 Å². The van der Waals surface area contributed by atoms with E-state index in [2.05, 4.69) is 100 Å². The molecule has 0 radical (unpaired) electrons. The topological polar surface area (TPSA) is 25.8 Å². The second-order valence-electron chi connectivity index (χ2n) is 8.23. The van der Waals surface area contributed by atoms with E-state index in [-0.39, 0.29) is 0 Å². The number of fused-ring (bicyclic) bond motifs is 3. The lowest BCUT2D eigenvalue weighted by molar-refractivity contribution is 1.30. The summed E-state index contributed by atoms with van der Waals surface area (Å²) >= 11 is 3.67. The summed E-state index contributed by atoms with van der Waals surface area (Å²) in [7, 11) is 0. The summed E-state index contributed by atoms with van der Waals surface area (Å²) in [6.07, 6.45) is 3.53. The van der Waals surface area contributed by atoms with Crippen molar-refractivity contribution in [3.05, 3.63) is 109 Å². The van der Waals surface area contributed by atoms with Crippen LogP contribution in [0, 0.1) is 0 Å². The Bertz CT molecular complexity index is 1700. The van der Waals surface area contributed by atoms with Gasteiger partial charge >= 0.3 is 0 Å². The monoisotopic (exact) mass is 470 g/mol. The van der Waals surface area contributed by atoms with Crippen LogP contribution in [0.25, 0.3) is 63.9 Å². The van der Waals surface area contributed by atoms with Crippen LogP contribution in [0.1, 0.15) is 0 Å². The molecule has 160 valence electrons. The summed E-state index contributed by atoms with van der Waals surface area (Å²) in [6, 6.07) is 32.4. The molecule has 0 amide bonds. The van der Waals surface area contributed by atoms with E-state index in [1.165, 1.54) is 47.3 Å². The number of hydrogen-bond acceptors (Lipinski definition) is 4. The predicted octanol–water partition coefficient (Wildman–Crippen LogP) is 9.06. The molecule has 0 N–H and O–H groups in total. The van der Waals surface area contributed by atoms with E-state index < -0.39 is 0 Å². The Balaban J connectivity index is 1.64. The zero-order valence-corrected chi connectivity index (χ0v) is 19.7. The lowest BCUT2D eigenvalue weighted by Crippen LogP contribution is -1.85. The first-order chi connectivity index (χ1) is 16.9. The van der Waals surface area contributed by atoms with Crippen molar-refractivity contribution in [3.8, 4) is 32.7 Å². The van der Waals surface area contributed by atoms with Crippen LogP contribution in [0.3, 0.4) is 0 Å². The number of benzene rings is 4. The minimum Gasteiger partial charge on any atom is -0.253 e. The van der Waals surface area contributed by atoms with Gasteiger partial charge in [-0.15, -0.1) is 22.7 Å². The number of nitrogens with zero attached hydrogens (tertiary/aromatic N) is 2. The van der Waals surface area contributed by atoms with Gasteiger partial charge in [0.25, 0.3) is 0 Å². The van der Waals surface area contributed by atoms with Gasteiger partial charge in [-0.2, -0.15) is 0 Å². The van der Waals surface area contributed by atoms with Gasteiger partial charge in [-0.25, -0.2) is 0 Å². The third kappa shape index (κ3) is 3.00. The molecule has 7 rings (SSSR count). The minimum absolute atomic E-state index is 0.921. The molecule has 4 heteroatoms. The van der Waals surface area contributed by atoms with E-state index in [0.29, 0.717) is 0 Å². The molecule has 4 aromatic carbocycles. The number of aromatic nitrogens is 2. The van der Waals surface area contributed by atoms with Crippen LogP contribution >= 0.6 is 22.7 Å². The van der Waals surface area contributed by atoms with Gasteiger partial charge in [-0.1, -0.05) is 72.8 Å². The number of hydrogen-bond donors (Lipinski definition) is 0. The Hall–Kier alpha value is -3.86. The summed E-state index contributed by atoms with van der Waals surface area (Å²) < 4.78 is 2.64. The van der Waals surface area contributed by atoms with Crippen LogP contribution in [0.5, 0.6) is 0 Å². The van der Waals surface area contributed by atoms with Gasteiger partial charge in [-0.05, 0) is 34.7 Å². The normalized spacial score (nSPS) is 11.5. The highest BCUT2D eigenvalue weighted by Gasteiger charge is 2.21. The van der Waals surface area contributed by atoms with Crippen LogP contribution in [0.4, 0.5) is 0 Å². The van der Waals surface area contributed by atoms with Crippen molar-refractivity contribution in [1.29, 1.82) is 0 Å². The summed E-state index contributed by atoms with van der Waals surface area (Å²) in [4.78, 5) is 10.4. The van der Waals surface area contributed by atoms with Gasteiger partial charge in [0.2, 0.25) is 0 Å². The second-order valence-corrected chi connectivity index (χ2v) is 10.2. The molecular weight excluding hydrogens is 452 g/mol. The highest BCUT2D eigenvalue weighted by atomic mass is 32.1. The fourth-order valence-corrected chi connectivity index (χ4v) is 7.07. The molecule has 0 bridgehead atoms. The molecule has 0 saturated heterocycles. The molecule has 2 nitrogen and oxygen atoms in total. The lowest BCUT2D eigenvalue weighted by Gasteiger charge is -2.12. The first-order valence-corrected chi connectivity index (χ1v) is 12.9. The zero-order chi connectivity index (χ0) is 22.5. The highest BCUT2D eigenvalue weighted by molar-refractivity contribution is 7.23. The van der Waals surface area contributed by atoms with Gasteiger partial charge in [0, 0.05) is 54.1 Å². The standard InChI is InChI=1S/C30H18N2S2/c1-3-8-19(9-4-1)26-22-14-17-33-29(22)27(20-10-5-2-6-11-20)23-18-25(34-30(23)26)21-12-7-13-24-28(21)32-16-15-31-24/h1-18H. The molecular formula is C30H18N2S2. The molecule has 0 atom stereocenters. The summed E-state index contributed by atoms with van der Waals surface area (Å²) in [5, 5.41) is 4.82. The third-order valence-corrected chi connectivity index (χ3v) is 8.40. The average molecular weight is 471 g/mol. The Morgan fingerprint density at radius 3 is 2.06 bits per heavy atom. The van der Waals surface area contributed by atoms with E-state index in [4.69, 9.17) is 0 Å². The molecule has 0 saturated carbocycles. The van der Waals surface area contributed by atoms with E-state index in [1.54, 1.807) is 12.4 Å². The minimum atomic E-state index is 0.921. The molecule has 0 aliphatic carbocycles. The summed E-state index contributed by atoms with van der Waals surface area (Å²) in [5.74, 6) is 0. The largest absolute Gasteiger partial charge is 0.253 e. The Labute approximate surface area is 204 Å². The zero-order valence-electron chi connectivity index (χ0n) is 18.1. The molecule has 0 aliphatic heterocycles. The first kappa shape index (κ1) is 19.6. The van der Waals surface area contributed by atoms with Gasteiger partial charge < -0.3 is 0 Å². The first-order valence-electron chi connectivity index (χ1n) is 11.2. The van der Waals surface area contributed by atoms with Crippen molar-refractivity contribution in [1.82, 2.24) is 9.97 Å². The van der Waals surface area contributed by atoms with Crippen LogP contribution in [0.2, 0.25) is 0 Å².